The maximum absolute atomic E-state index is 12.1. The summed E-state index contributed by atoms with van der Waals surface area (Å²) >= 11 is 0. The van der Waals surface area contributed by atoms with Crippen molar-refractivity contribution in [1.82, 2.24) is 0 Å². The van der Waals surface area contributed by atoms with Gasteiger partial charge in [0.2, 0.25) is 4.93 Å². The second-order valence-electron chi connectivity index (χ2n) is 4.24. The van der Waals surface area contributed by atoms with Gasteiger partial charge in [-0.1, -0.05) is 5.92 Å². The summed E-state index contributed by atoms with van der Waals surface area (Å²) < 4.78 is 57.3. The fourth-order valence-corrected chi connectivity index (χ4v) is 4.50. The molecule has 0 amide bonds. The van der Waals surface area contributed by atoms with E-state index < -0.39 is 49.1 Å². The van der Waals surface area contributed by atoms with E-state index in [4.69, 9.17) is 17.6 Å². The molecule has 0 aromatic rings. The molecule has 118 valence electrons. The number of terminal acetylenes is 2. The lowest BCUT2D eigenvalue weighted by atomic mass is 10.2. The van der Waals surface area contributed by atoms with E-state index in [0.29, 0.717) is 0 Å². The first-order valence-corrected chi connectivity index (χ1v) is 8.93. The number of hydrogen-bond acceptors (Lipinski definition) is 7. The molecule has 2 unspecified atom stereocenters. The highest BCUT2D eigenvalue weighted by Crippen LogP contribution is 2.31. The van der Waals surface area contributed by atoms with Crippen molar-refractivity contribution < 1.29 is 30.6 Å². The third-order valence-corrected chi connectivity index (χ3v) is 6.38. The third-order valence-electron chi connectivity index (χ3n) is 2.63. The molecule has 21 heavy (non-hydrogen) atoms. The van der Waals surface area contributed by atoms with E-state index in [9.17, 15) is 21.6 Å². The number of sulfone groups is 1. The molecule has 0 aliphatic heterocycles. The second kappa shape index (κ2) is 6.94. The fraction of sp³-hybridized carbons (Fsp3) is 0.583. The topological polar surface area (TPSA) is 104 Å². The summed E-state index contributed by atoms with van der Waals surface area (Å²) in [5, 5.41) is -1.80. The Morgan fingerprint density at radius 3 is 2.10 bits per heavy atom. The maximum atomic E-state index is 12.1. The zero-order chi connectivity index (χ0) is 16.9. The van der Waals surface area contributed by atoms with Crippen molar-refractivity contribution in [3.05, 3.63) is 0 Å². The summed E-state index contributed by atoms with van der Waals surface area (Å²) in [4.78, 5) is 8.76. The Bertz CT molecular complexity index is 676. The van der Waals surface area contributed by atoms with Gasteiger partial charge in [-0.15, -0.1) is 18.8 Å². The highest BCUT2D eigenvalue weighted by molar-refractivity contribution is 7.94. The monoisotopic (exact) mass is 336 g/mol. The van der Waals surface area contributed by atoms with E-state index in [0.717, 1.165) is 20.1 Å². The van der Waals surface area contributed by atoms with Gasteiger partial charge in [0.05, 0.1) is 0 Å². The zero-order valence-electron chi connectivity index (χ0n) is 11.8. The predicted octanol–water partition coefficient (Wildman–Crippen LogP) is -0.318. The van der Waals surface area contributed by atoms with Crippen LogP contribution in [0.15, 0.2) is 0 Å². The molecule has 0 rings (SSSR count). The highest BCUT2D eigenvalue weighted by Gasteiger charge is 2.53. The fourth-order valence-electron chi connectivity index (χ4n) is 1.52. The van der Waals surface area contributed by atoms with Crippen LogP contribution in [0.5, 0.6) is 0 Å². The van der Waals surface area contributed by atoms with Crippen LogP contribution in [0.25, 0.3) is 0 Å². The summed E-state index contributed by atoms with van der Waals surface area (Å²) in [6.45, 7) is 1.30. The third kappa shape index (κ3) is 4.74. The number of carbonyl (C=O) groups is 1. The minimum atomic E-state index is -4.47. The zero-order valence-corrected chi connectivity index (χ0v) is 13.5. The largest absolute Gasteiger partial charge is 0.442 e. The quantitative estimate of drug-likeness (QED) is 0.356. The van der Waals surface area contributed by atoms with Crippen molar-refractivity contribution in [1.29, 1.82) is 0 Å². The van der Waals surface area contributed by atoms with Gasteiger partial charge in [0, 0.05) is 19.6 Å². The van der Waals surface area contributed by atoms with Crippen LogP contribution in [0.2, 0.25) is 0 Å². The maximum Gasteiger partial charge on any atom is 0.304 e. The first-order chi connectivity index (χ1) is 9.42. The standard InChI is InChI=1S/C12H16O7S2/c1-6-8-11(21(16,17)18-9-7-2)12(4,19-10(3)13)20(5,14)15/h1-2,11H,8-9H2,3-5H3. The summed E-state index contributed by atoms with van der Waals surface area (Å²) in [6, 6.07) is 0. The molecule has 0 aromatic heterocycles. The van der Waals surface area contributed by atoms with Gasteiger partial charge < -0.3 is 4.74 Å². The molecule has 0 fully saturated rings. The van der Waals surface area contributed by atoms with Gasteiger partial charge in [0.25, 0.3) is 10.1 Å². The summed E-state index contributed by atoms with van der Waals surface area (Å²) in [5.74, 6) is 3.00. The lowest BCUT2D eigenvalue weighted by Gasteiger charge is -2.33. The smallest absolute Gasteiger partial charge is 0.304 e. The Morgan fingerprint density at radius 2 is 1.76 bits per heavy atom. The molecule has 9 heteroatoms. The van der Waals surface area contributed by atoms with Gasteiger partial charge in [0.1, 0.15) is 6.61 Å². The predicted molar refractivity (Wildman–Crippen MR) is 76.0 cm³/mol. The molecule has 0 heterocycles. The Kier molecular flexibility index (Phi) is 6.43. The number of ether oxygens (including phenoxy) is 1. The Labute approximate surface area is 125 Å². The molecule has 0 spiro atoms. The van der Waals surface area contributed by atoms with Crippen LogP contribution in [0.1, 0.15) is 20.3 Å². The summed E-state index contributed by atoms with van der Waals surface area (Å²) in [7, 11) is -8.61. The van der Waals surface area contributed by atoms with Crippen molar-refractivity contribution in [2.24, 2.45) is 0 Å². The Hall–Kier alpha value is -1.55. The average Bonchev–Trinajstić information content (AvgIpc) is 2.30. The second-order valence-corrected chi connectivity index (χ2v) is 8.38. The lowest BCUT2D eigenvalue weighted by molar-refractivity contribution is -0.148. The van der Waals surface area contributed by atoms with Gasteiger partial charge in [-0.2, -0.15) is 8.42 Å². The molecule has 0 aromatic carbocycles. The molecule has 2 atom stereocenters. The van der Waals surface area contributed by atoms with Crippen molar-refractivity contribution in [3.63, 3.8) is 0 Å². The van der Waals surface area contributed by atoms with E-state index in [1.807, 2.05) is 11.8 Å². The van der Waals surface area contributed by atoms with Crippen molar-refractivity contribution in [3.8, 4) is 24.7 Å². The van der Waals surface area contributed by atoms with E-state index in [2.05, 4.69) is 4.18 Å². The minimum Gasteiger partial charge on any atom is -0.442 e. The number of carbonyl (C=O) groups excluding carboxylic acids is 1. The van der Waals surface area contributed by atoms with Gasteiger partial charge in [-0.05, 0) is 6.92 Å². The summed E-state index contributed by atoms with van der Waals surface area (Å²) in [5.41, 5.74) is 0. The van der Waals surface area contributed by atoms with Crippen LogP contribution >= 0.6 is 0 Å². The first-order valence-electron chi connectivity index (χ1n) is 5.56. The number of hydrogen-bond donors (Lipinski definition) is 0. The van der Waals surface area contributed by atoms with Crippen molar-refractivity contribution >= 4 is 25.9 Å². The molecule has 0 aliphatic rings. The minimum absolute atomic E-state index is 0.538. The van der Waals surface area contributed by atoms with E-state index >= 15 is 0 Å². The number of esters is 1. The normalized spacial score (nSPS) is 16.0. The van der Waals surface area contributed by atoms with Gasteiger partial charge in [-0.3, -0.25) is 8.98 Å². The van der Waals surface area contributed by atoms with Gasteiger partial charge in [0.15, 0.2) is 15.1 Å². The molecule has 7 nitrogen and oxygen atoms in total. The van der Waals surface area contributed by atoms with E-state index in [-0.39, 0.29) is 0 Å². The molecule has 0 saturated heterocycles. The summed E-state index contributed by atoms with van der Waals surface area (Å²) in [6.07, 6.45) is 10.2. The molecular formula is C12H16O7S2. The molecule has 0 aliphatic carbocycles. The van der Waals surface area contributed by atoms with Crippen LogP contribution in [0, 0.1) is 24.7 Å². The Balaban J connectivity index is 6.07. The van der Waals surface area contributed by atoms with Crippen LogP contribution in [-0.4, -0.2) is 45.9 Å². The van der Waals surface area contributed by atoms with E-state index in [1.165, 1.54) is 0 Å². The Morgan fingerprint density at radius 1 is 1.24 bits per heavy atom. The highest BCUT2D eigenvalue weighted by atomic mass is 32.2. The molecule has 0 N–H and O–H groups in total. The SMILES string of the molecule is C#CCOS(=O)(=O)C(CC#C)C(C)(OC(C)=O)S(C)(=O)=O. The molecule has 0 bridgehead atoms. The number of rotatable bonds is 7. The molecule has 0 saturated carbocycles. The van der Waals surface area contributed by atoms with Crippen LogP contribution in [0.3, 0.4) is 0 Å². The lowest BCUT2D eigenvalue weighted by Crippen LogP contribution is -2.53. The molecule has 0 radical (unpaired) electrons. The first kappa shape index (κ1) is 19.4. The van der Waals surface area contributed by atoms with Crippen molar-refractivity contribution in [2.75, 3.05) is 12.9 Å². The van der Waals surface area contributed by atoms with Gasteiger partial charge >= 0.3 is 5.97 Å². The average molecular weight is 336 g/mol. The van der Waals surface area contributed by atoms with Gasteiger partial charge in [-0.25, -0.2) is 8.42 Å². The molecular weight excluding hydrogens is 320 g/mol. The van der Waals surface area contributed by atoms with Crippen molar-refractivity contribution in [2.45, 2.75) is 30.5 Å². The van der Waals surface area contributed by atoms with E-state index in [1.54, 1.807) is 0 Å². The van der Waals surface area contributed by atoms with Crippen LogP contribution in [0.4, 0.5) is 0 Å². The van der Waals surface area contributed by atoms with Crippen LogP contribution in [-0.2, 0) is 33.7 Å². The van der Waals surface area contributed by atoms with Crippen LogP contribution < -0.4 is 0 Å².